The van der Waals surface area contributed by atoms with Crippen LogP contribution in [0.3, 0.4) is 0 Å². The average molecular weight is 537 g/mol. The minimum absolute atomic E-state index is 0.0831. The maximum absolute atomic E-state index is 12.4. The summed E-state index contributed by atoms with van der Waals surface area (Å²) in [6.07, 6.45) is 3.35. The summed E-state index contributed by atoms with van der Waals surface area (Å²) in [4.78, 5) is 11.8. The highest BCUT2D eigenvalue weighted by Gasteiger charge is 2.68. The Hall–Kier alpha value is -1.07. The van der Waals surface area contributed by atoms with E-state index in [1.54, 1.807) is 13.0 Å². The highest BCUT2D eigenvalue weighted by atomic mass is 16.7. The van der Waals surface area contributed by atoms with E-state index in [4.69, 9.17) is 14.2 Å². The van der Waals surface area contributed by atoms with Gasteiger partial charge in [-0.2, -0.15) is 0 Å². The number of hydrogen-bond acceptors (Lipinski definition) is 9. The molecule has 38 heavy (non-hydrogen) atoms. The Morgan fingerprint density at radius 1 is 1.00 bits per heavy atom. The largest absolute Gasteiger partial charge is 0.458 e. The molecule has 2 heterocycles. The van der Waals surface area contributed by atoms with Crippen molar-refractivity contribution < 1.29 is 44.5 Å². The second-order valence-corrected chi connectivity index (χ2v) is 13.4. The van der Waals surface area contributed by atoms with Gasteiger partial charge >= 0.3 is 5.97 Å². The zero-order valence-electron chi connectivity index (χ0n) is 22.5. The predicted molar refractivity (Wildman–Crippen MR) is 134 cm³/mol. The SMILES string of the molecule is C[C@H]1O[C@@H](O[C@H]2CC[C@]3(CO)C4CC[C@]5(C)[C@@H](C6=CC(=O)OC6)CC[C@]5(O)C4CC[C@H]3C2)[C@H](O)[C@H](O)[C@@H]1O. The van der Waals surface area contributed by atoms with E-state index >= 15 is 0 Å². The molecule has 5 N–H and O–H groups in total. The molecule has 9 nitrogen and oxygen atoms in total. The second kappa shape index (κ2) is 9.50. The van der Waals surface area contributed by atoms with Crippen molar-refractivity contribution in [1.29, 1.82) is 0 Å². The van der Waals surface area contributed by atoms with Crippen LogP contribution in [0.5, 0.6) is 0 Å². The molecule has 214 valence electrons. The van der Waals surface area contributed by atoms with Crippen LogP contribution in [0, 0.1) is 34.5 Å². The molecule has 0 amide bonds. The minimum atomic E-state index is -1.32. The van der Waals surface area contributed by atoms with Crippen molar-refractivity contribution >= 4 is 5.97 Å². The Balaban J connectivity index is 1.19. The van der Waals surface area contributed by atoms with Crippen molar-refractivity contribution in [2.24, 2.45) is 34.5 Å². The van der Waals surface area contributed by atoms with Crippen molar-refractivity contribution in [2.75, 3.05) is 13.2 Å². The second-order valence-electron chi connectivity index (χ2n) is 13.4. The Morgan fingerprint density at radius 2 is 1.79 bits per heavy atom. The van der Waals surface area contributed by atoms with Gasteiger partial charge in [0.25, 0.3) is 0 Å². The number of hydrogen-bond donors (Lipinski definition) is 5. The molecule has 4 saturated carbocycles. The number of aliphatic hydroxyl groups excluding tert-OH is 4. The Kier molecular flexibility index (Phi) is 6.78. The molecular weight excluding hydrogens is 492 g/mol. The summed E-state index contributed by atoms with van der Waals surface area (Å²) in [5.41, 5.74) is -0.401. The lowest BCUT2D eigenvalue weighted by Gasteiger charge is -2.64. The van der Waals surface area contributed by atoms with Gasteiger partial charge in [-0.25, -0.2) is 4.79 Å². The number of rotatable bonds is 4. The maximum Gasteiger partial charge on any atom is 0.331 e. The topological polar surface area (TPSA) is 146 Å². The number of esters is 1. The Bertz CT molecular complexity index is 970. The van der Waals surface area contributed by atoms with E-state index in [1.165, 1.54) is 0 Å². The van der Waals surface area contributed by atoms with Crippen molar-refractivity contribution in [3.63, 3.8) is 0 Å². The molecule has 1 saturated heterocycles. The molecule has 0 aromatic carbocycles. The van der Waals surface area contributed by atoms with Crippen molar-refractivity contribution in [3.8, 4) is 0 Å². The molecule has 13 atom stereocenters. The number of cyclic esters (lactones) is 1. The molecule has 2 aliphatic heterocycles. The number of aliphatic hydroxyl groups is 5. The highest BCUT2D eigenvalue weighted by molar-refractivity contribution is 5.85. The van der Waals surface area contributed by atoms with Crippen LogP contribution >= 0.6 is 0 Å². The Morgan fingerprint density at radius 3 is 2.50 bits per heavy atom. The smallest absolute Gasteiger partial charge is 0.331 e. The van der Waals surface area contributed by atoms with Crippen LogP contribution in [0.25, 0.3) is 0 Å². The number of ether oxygens (including phenoxy) is 3. The van der Waals surface area contributed by atoms with Crippen molar-refractivity contribution in [2.45, 2.75) is 114 Å². The molecule has 6 aliphatic rings. The average Bonchev–Trinajstić information content (AvgIpc) is 3.45. The molecule has 9 heteroatoms. The molecule has 0 bridgehead atoms. The van der Waals surface area contributed by atoms with Gasteiger partial charge in [-0.1, -0.05) is 6.92 Å². The van der Waals surface area contributed by atoms with Gasteiger partial charge in [-0.3, -0.25) is 0 Å². The molecule has 0 spiro atoms. The summed E-state index contributed by atoms with van der Waals surface area (Å²) in [6, 6.07) is 0. The first kappa shape index (κ1) is 27.1. The van der Waals surface area contributed by atoms with E-state index in [2.05, 4.69) is 6.92 Å². The summed E-state index contributed by atoms with van der Waals surface area (Å²) in [7, 11) is 0. The molecule has 6 rings (SSSR count). The van der Waals surface area contributed by atoms with Crippen molar-refractivity contribution in [3.05, 3.63) is 11.6 Å². The monoisotopic (exact) mass is 536 g/mol. The summed E-state index contributed by atoms with van der Waals surface area (Å²) < 4.78 is 17.1. The van der Waals surface area contributed by atoms with Crippen LogP contribution in [-0.4, -0.2) is 87.1 Å². The van der Waals surface area contributed by atoms with Crippen LogP contribution in [0.4, 0.5) is 0 Å². The van der Waals surface area contributed by atoms with Crippen LogP contribution in [0.2, 0.25) is 0 Å². The van der Waals surface area contributed by atoms with Gasteiger partial charge in [0.1, 0.15) is 24.9 Å². The molecule has 0 aromatic heterocycles. The fourth-order valence-corrected chi connectivity index (χ4v) is 9.91. The molecule has 0 aromatic rings. The van der Waals surface area contributed by atoms with E-state index < -0.39 is 36.3 Å². The van der Waals surface area contributed by atoms with Gasteiger partial charge in [-0.15, -0.1) is 0 Å². The van der Waals surface area contributed by atoms with Crippen LogP contribution in [0.1, 0.15) is 71.6 Å². The molecule has 5 fully saturated rings. The number of carbonyl (C=O) groups is 1. The summed E-state index contributed by atoms with van der Waals surface area (Å²) in [5.74, 6) is 0.414. The van der Waals surface area contributed by atoms with Gasteiger partial charge in [-0.05, 0) is 99.4 Å². The molecular formula is C29H44O9. The quantitative estimate of drug-likeness (QED) is 0.266. The summed E-state index contributed by atoms with van der Waals surface area (Å²) >= 11 is 0. The Labute approximate surface area is 224 Å². The molecule has 0 radical (unpaired) electrons. The fourth-order valence-electron chi connectivity index (χ4n) is 9.91. The van der Waals surface area contributed by atoms with Gasteiger partial charge in [0.2, 0.25) is 0 Å². The van der Waals surface area contributed by atoms with E-state index in [0.717, 1.165) is 50.5 Å². The normalized spacial score (nSPS) is 54.5. The standard InChI is InChI=1S/C29H44O9/c1-15-23(32)24(33)25(34)26(37-15)38-18-5-9-28(14-30)17(12-18)3-4-21-20(28)6-8-27(2)19(7-10-29(21,27)35)16-11-22(31)36-13-16/h11,15,17-21,23-26,30,32-35H,3-10,12-14H2,1-2H3/t15-,17+,18+,19-,20?,21?,23-,24-,25-,26+,27-,28-,29+/m1/s1. The molecule has 2 unspecified atom stereocenters. The van der Waals surface area contributed by atoms with Gasteiger partial charge < -0.3 is 39.7 Å². The lowest BCUT2D eigenvalue weighted by molar-refractivity contribution is -0.311. The number of carbonyl (C=O) groups excluding carboxylic acids is 1. The lowest BCUT2D eigenvalue weighted by atomic mass is 9.43. The fraction of sp³-hybridized carbons (Fsp3) is 0.897. The van der Waals surface area contributed by atoms with E-state index in [1.807, 2.05) is 0 Å². The third-order valence-corrected chi connectivity index (χ3v) is 12.1. The first-order chi connectivity index (χ1) is 18.0. The third kappa shape index (κ3) is 3.80. The lowest BCUT2D eigenvalue weighted by Crippen LogP contribution is -2.64. The number of fused-ring (bicyclic) bond motifs is 5. The first-order valence-corrected chi connectivity index (χ1v) is 14.6. The van der Waals surface area contributed by atoms with Gasteiger partial charge in [0.15, 0.2) is 6.29 Å². The minimum Gasteiger partial charge on any atom is -0.458 e. The first-order valence-electron chi connectivity index (χ1n) is 14.6. The van der Waals surface area contributed by atoms with Gasteiger partial charge in [0.05, 0.1) is 17.8 Å². The van der Waals surface area contributed by atoms with E-state index in [9.17, 15) is 30.3 Å². The zero-order chi connectivity index (χ0) is 27.0. The zero-order valence-corrected chi connectivity index (χ0v) is 22.5. The molecule has 4 aliphatic carbocycles. The van der Waals surface area contributed by atoms with E-state index in [0.29, 0.717) is 19.4 Å². The third-order valence-electron chi connectivity index (χ3n) is 12.1. The van der Waals surface area contributed by atoms with Crippen LogP contribution < -0.4 is 0 Å². The summed E-state index contributed by atoms with van der Waals surface area (Å²) in [5, 5.41) is 53.9. The van der Waals surface area contributed by atoms with Crippen LogP contribution in [-0.2, 0) is 19.0 Å². The van der Waals surface area contributed by atoms with Crippen molar-refractivity contribution in [1.82, 2.24) is 0 Å². The predicted octanol–water partition coefficient (Wildman–Crippen LogP) is 1.43. The highest BCUT2D eigenvalue weighted by Crippen LogP contribution is 2.70. The van der Waals surface area contributed by atoms with Gasteiger partial charge in [0, 0.05) is 18.1 Å². The van der Waals surface area contributed by atoms with Crippen LogP contribution in [0.15, 0.2) is 11.6 Å². The van der Waals surface area contributed by atoms with E-state index in [-0.39, 0.29) is 53.2 Å². The summed E-state index contributed by atoms with van der Waals surface area (Å²) in [6.45, 7) is 4.27. The maximum atomic E-state index is 12.4.